The smallest absolute Gasteiger partial charge is 0.296 e. The average Bonchev–Trinajstić information content (AvgIpc) is 3.29. The third-order valence-electron chi connectivity index (χ3n) is 5.90. The van der Waals surface area contributed by atoms with Crippen molar-refractivity contribution in [2.75, 3.05) is 7.11 Å². The van der Waals surface area contributed by atoms with E-state index in [9.17, 15) is 14.7 Å². The van der Waals surface area contributed by atoms with Crippen molar-refractivity contribution >= 4 is 29.1 Å². The van der Waals surface area contributed by atoms with Crippen LogP contribution in [0.3, 0.4) is 0 Å². The molecule has 2 heterocycles. The van der Waals surface area contributed by atoms with Crippen molar-refractivity contribution < 1.29 is 23.8 Å². The minimum Gasteiger partial charge on any atom is -0.507 e. The normalized spacial score (nSPS) is 22.0. The molecule has 1 saturated heterocycles. The summed E-state index contributed by atoms with van der Waals surface area (Å²) in [6, 6.07) is 7.47. The van der Waals surface area contributed by atoms with Gasteiger partial charge in [-0.1, -0.05) is 30.9 Å². The zero-order valence-corrected chi connectivity index (χ0v) is 17.7. The third-order valence-corrected chi connectivity index (χ3v) is 6.20. The molecule has 0 radical (unpaired) electrons. The second kappa shape index (κ2) is 8.19. The molecule has 4 rings (SSSR count). The minimum absolute atomic E-state index is 0.0288. The molecule has 30 heavy (non-hydrogen) atoms. The van der Waals surface area contributed by atoms with E-state index in [-0.39, 0.29) is 17.4 Å². The summed E-state index contributed by atoms with van der Waals surface area (Å²) in [5.41, 5.74) is 0.372. The molecular formula is C23H24ClNO5. The lowest BCUT2D eigenvalue weighted by molar-refractivity contribution is -0.142. The van der Waals surface area contributed by atoms with Crippen LogP contribution in [0.2, 0.25) is 5.02 Å². The first-order valence-electron chi connectivity index (χ1n) is 10.1. The van der Waals surface area contributed by atoms with Crippen LogP contribution in [-0.4, -0.2) is 34.8 Å². The van der Waals surface area contributed by atoms with Crippen LogP contribution < -0.4 is 4.74 Å². The molecule has 1 aliphatic heterocycles. The van der Waals surface area contributed by atoms with Crippen LogP contribution in [0.25, 0.3) is 5.76 Å². The van der Waals surface area contributed by atoms with Gasteiger partial charge >= 0.3 is 0 Å². The number of aliphatic hydroxyl groups is 1. The summed E-state index contributed by atoms with van der Waals surface area (Å²) in [5, 5.41) is 11.4. The predicted molar refractivity (Wildman–Crippen MR) is 112 cm³/mol. The lowest BCUT2D eigenvalue weighted by Crippen LogP contribution is -2.40. The van der Waals surface area contributed by atoms with Gasteiger partial charge in [0.25, 0.3) is 11.7 Å². The molecule has 1 aliphatic carbocycles. The highest BCUT2D eigenvalue weighted by atomic mass is 35.5. The Kier molecular flexibility index (Phi) is 5.60. The van der Waals surface area contributed by atoms with Crippen LogP contribution in [0, 0.1) is 6.92 Å². The van der Waals surface area contributed by atoms with Crippen LogP contribution in [0.5, 0.6) is 5.75 Å². The van der Waals surface area contributed by atoms with Crippen molar-refractivity contribution in [2.24, 2.45) is 0 Å². The quantitative estimate of drug-likeness (QED) is 0.420. The molecule has 0 bridgehead atoms. The molecule has 1 N–H and O–H groups in total. The minimum atomic E-state index is -0.761. The van der Waals surface area contributed by atoms with Crippen molar-refractivity contribution in [3.05, 3.63) is 58.0 Å². The number of carbonyl (C=O) groups excluding carboxylic acids is 2. The number of furan rings is 1. The van der Waals surface area contributed by atoms with E-state index in [0.29, 0.717) is 27.9 Å². The molecule has 2 aromatic rings. The van der Waals surface area contributed by atoms with Gasteiger partial charge in [0.15, 0.2) is 0 Å². The maximum absolute atomic E-state index is 13.1. The van der Waals surface area contributed by atoms with Gasteiger partial charge in [0, 0.05) is 11.6 Å². The van der Waals surface area contributed by atoms with Crippen LogP contribution in [0.1, 0.15) is 55.2 Å². The van der Waals surface area contributed by atoms with Crippen LogP contribution >= 0.6 is 11.6 Å². The van der Waals surface area contributed by atoms with Gasteiger partial charge in [0.05, 0.1) is 17.7 Å². The summed E-state index contributed by atoms with van der Waals surface area (Å²) in [7, 11) is 1.50. The number of likely N-dealkylation sites (tertiary alicyclic amines) is 1. The number of aryl methyl sites for hydroxylation is 1. The monoisotopic (exact) mass is 429 g/mol. The molecule has 1 saturated carbocycles. The number of hydrogen-bond donors (Lipinski definition) is 1. The molecule has 1 aromatic heterocycles. The Balaban J connectivity index is 1.85. The number of halogens is 1. The standard InChI is InChI=1S/C23H24ClNO5/c1-13-8-10-18(30-13)20-19(21(26)14-9-11-17(29-2)16(24)12-14)22(27)23(28)25(20)15-6-4-3-5-7-15/h8-12,15,20,26H,3-7H2,1-2H3/b21-19-. The van der Waals surface area contributed by atoms with E-state index in [1.54, 1.807) is 36.1 Å². The number of aliphatic hydroxyl groups excluding tert-OH is 1. The molecule has 1 aromatic carbocycles. The summed E-state index contributed by atoms with van der Waals surface area (Å²) < 4.78 is 11.0. The van der Waals surface area contributed by atoms with Crippen molar-refractivity contribution in [3.8, 4) is 5.75 Å². The lowest BCUT2D eigenvalue weighted by Gasteiger charge is -2.34. The third kappa shape index (κ3) is 3.49. The number of nitrogens with zero attached hydrogens (tertiary/aromatic N) is 1. The molecular weight excluding hydrogens is 406 g/mol. The van der Waals surface area contributed by atoms with Gasteiger partial charge in [-0.05, 0) is 50.1 Å². The van der Waals surface area contributed by atoms with E-state index >= 15 is 0 Å². The summed E-state index contributed by atoms with van der Waals surface area (Å²) in [4.78, 5) is 27.7. The molecule has 2 aliphatic rings. The molecule has 1 atom stereocenters. The van der Waals surface area contributed by atoms with Crippen molar-refractivity contribution in [1.29, 1.82) is 0 Å². The summed E-state index contributed by atoms with van der Waals surface area (Å²) >= 11 is 6.21. The highest BCUT2D eigenvalue weighted by Crippen LogP contribution is 2.43. The van der Waals surface area contributed by atoms with E-state index in [1.165, 1.54) is 13.2 Å². The molecule has 0 spiro atoms. The fraction of sp³-hybridized carbons (Fsp3) is 0.391. The van der Waals surface area contributed by atoms with Gasteiger partial charge in [0.2, 0.25) is 0 Å². The maximum atomic E-state index is 13.1. The summed E-state index contributed by atoms with van der Waals surface area (Å²) in [6.45, 7) is 1.81. The van der Waals surface area contributed by atoms with Crippen LogP contribution in [0.15, 0.2) is 40.3 Å². The zero-order valence-electron chi connectivity index (χ0n) is 17.0. The fourth-order valence-electron chi connectivity index (χ4n) is 4.43. The number of rotatable bonds is 4. The first kappa shape index (κ1) is 20.5. The number of methoxy groups -OCH3 is 1. The number of ketones is 1. The molecule has 1 amide bonds. The zero-order chi connectivity index (χ0) is 21.4. The van der Waals surface area contributed by atoms with E-state index in [0.717, 1.165) is 32.1 Å². The number of Topliss-reactive ketones (excluding diaryl/α,β-unsaturated/α-hetero) is 1. The lowest BCUT2D eigenvalue weighted by atomic mass is 9.92. The van der Waals surface area contributed by atoms with Gasteiger partial charge < -0.3 is 19.2 Å². The highest BCUT2D eigenvalue weighted by Gasteiger charge is 2.50. The SMILES string of the molecule is COc1ccc(/C(O)=C2/C(=O)C(=O)N(C3CCCCC3)C2c2ccc(C)o2)cc1Cl. The fourth-order valence-corrected chi connectivity index (χ4v) is 4.69. The van der Waals surface area contributed by atoms with Crippen LogP contribution in [-0.2, 0) is 9.59 Å². The van der Waals surface area contributed by atoms with Gasteiger partial charge in [-0.25, -0.2) is 0 Å². The van der Waals surface area contributed by atoms with Crippen molar-refractivity contribution in [1.82, 2.24) is 4.90 Å². The largest absolute Gasteiger partial charge is 0.507 e. The predicted octanol–water partition coefficient (Wildman–Crippen LogP) is 5.00. The van der Waals surface area contributed by atoms with E-state index < -0.39 is 17.7 Å². The molecule has 2 fully saturated rings. The van der Waals surface area contributed by atoms with Gasteiger partial charge in [-0.3, -0.25) is 9.59 Å². The Morgan fingerprint density at radius 3 is 2.50 bits per heavy atom. The first-order chi connectivity index (χ1) is 14.4. The van der Waals surface area contributed by atoms with E-state index in [4.69, 9.17) is 20.8 Å². The number of ether oxygens (including phenoxy) is 1. The molecule has 1 unspecified atom stereocenters. The molecule has 6 nitrogen and oxygen atoms in total. The Morgan fingerprint density at radius 2 is 1.90 bits per heavy atom. The highest BCUT2D eigenvalue weighted by molar-refractivity contribution is 6.46. The van der Waals surface area contributed by atoms with Crippen molar-refractivity contribution in [2.45, 2.75) is 51.1 Å². The molecule has 158 valence electrons. The number of carbonyl (C=O) groups is 2. The van der Waals surface area contributed by atoms with E-state index in [1.807, 2.05) is 0 Å². The summed E-state index contributed by atoms with van der Waals surface area (Å²) in [6.07, 6.45) is 4.79. The van der Waals surface area contributed by atoms with Crippen LogP contribution in [0.4, 0.5) is 0 Å². The number of hydrogen-bond acceptors (Lipinski definition) is 5. The second-order valence-corrected chi connectivity index (χ2v) is 8.20. The first-order valence-corrected chi connectivity index (χ1v) is 10.5. The van der Waals surface area contributed by atoms with E-state index in [2.05, 4.69) is 0 Å². The topological polar surface area (TPSA) is 80.0 Å². The Morgan fingerprint density at radius 1 is 1.17 bits per heavy atom. The van der Waals surface area contributed by atoms with Gasteiger partial charge in [0.1, 0.15) is 29.1 Å². The Hall–Kier alpha value is -2.73. The molecule has 7 heteroatoms. The summed E-state index contributed by atoms with van der Waals surface area (Å²) in [5.74, 6) is 0.0284. The maximum Gasteiger partial charge on any atom is 0.296 e. The number of benzene rings is 1. The average molecular weight is 430 g/mol. The van der Waals surface area contributed by atoms with Gasteiger partial charge in [-0.15, -0.1) is 0 Å². The van der Waals surface area contributed by atoms with Gasteiger partial charge in [-0.2, -0.15) is 0 Å². The van der Waals surface area contributed by atoms with Crippen molar-refractivity contribution in [3.63, 3.8) is 0 Å². The number of amides is 1. The second-order valence-electron chi connectivity index (χ2n) is 7.80. The Labute approximate surface area is 180 Å². The Bertz CT molecular complexity index is 1020.